The van der Waals surface area contributed by atoms with Crippen LogP contribution in [0.5, 0.6) is 0 Å². The van der Waals surface area contributed by atoms with Gasteiger partial charge in [0.2, 0.25) is 0 Å². The van der Waals surface area contributed by atoms with Crippen LogP contribution in [0.1, 0.15) is 27.7 Å². The third kappa shape index (κ3) is 5.04. The van der Waals surface area contributed by atoms with Crippen molar-refractivity contribution in [1.29, 1.82) is 0 Å². The fourth-order valence-corrected chi connectivity index (χ4v) is 2.28. The van der Waals surface area contributed by atoms with E-state index in [4.69, 9.17) is 0 Å². The summed E-state index contributed by atoms with van der Waals surface area (Å²) in [4.78, 5) is 6.81. The summed E-state index contributed by atoms with van der Waals surface area (Å²) in [5.74, 6) is 0.923. The Bertz CT molecular complexity index is 331. The Kier molecular flexibility index (Phi) is 5.92. The fourth-order valence-electron chi connectivity index (χ4n) is 1.93. The van der Waals surface area contributed by atoms with Crippen LogP contribution in [0, 0.1) is 0 Å². The number of aromatic nitrogens is 1. The van der Waals surface area contributed by atoms with E-state index in [1.165, 1.54) is 0 Å². The fraction of sp³-hybridized carbons (Fsp3) is 0.615. The number of hydrogen-bond acceptors (Lipinski definition) is 3. The number of halogens is 1. The van der Waals surface area contributed by atoms with Crippen molar-refractivity contribution in [2.45, 2.75) is 39.8 Å². The summed E-state index contributed by atoms with van der Waals surface area (Å²) in [6.07, 6.45) is 0. The molecule has 1 heterocycles. The minimum absolute atomic E-state index is 0.576. The average molecular weight is 300 g/mol. The number of rotatable bonds is 6. The van der Waals surface area contributed by atoms with Gasteiger partial charge in [0.15, 0.2) is 0 Å². The first-order valence-electron chi connectivity index (χ1n) is 6.13. The van der Waals surface area contributed by atoms with Crippen LogP contribution in [0.15, 0.2) is 22.8 Å². The third-order valence-electron chi connectivity index (χ3n) is 2.72. The van der Waals surface area contributed by atoms with Gasteiger partial charge in [-0.15, -0.1) is 0 Å². The topological polar surface area (TPSA) is 28.2 Å². The summed E-state index contributed by atoms with van der Waals surface area (Å²) >= 11 is 3.37. The van der Waals surface area contributed by atoms with Crippen molar-refractivity contribution in [3.8, 4) is 0 Å². The summed E-state index contributed by atoms with van der Waals surface area (Å²) in [7, 11) is 0. The SMILES string of the molecule is CC(C)N(CCNc1cccc(Br)n1)C(C)C. The second-order valence-electron chi connectivity index (χ2n) is 4.70. The van der Waals surface area contributed by atoms with Crippen LogP contribution in [-0.4, -0.2) is 35.1 Å². The molecule has 0 atom stereocenters. The van der Waals surface area contributed by atoms with Gasteiger partial charge in [0.25, 0.3) is 0 Å². The van der Waals surface area contributed by atoms with Gasteiger partial charge in [-0.3, -0.25) is 4.90 Å². The second-order valence-corrected chi connectivity index (χ2v) is 5.51. The molecule has 0 saturated heterocycles. The summed E-state index contributed by atoms with van der Waals surface area (Å²) in [6, 6.07) is 7.06. The lowest BCUT2D eigenvalue weighted by molar-refractivity contribution is 0.182. The van der Waals surface area contributed by atoms with Crippen molar-refractivity contribution in [3.63, 3.8) is 0 Å². The summed E-state index contributed by atoms with van der Waals surface area (Å²) in [5.41, 5.74) is 0. The zero-order valence-electron chi connectivity index (χ0n) is 11.1. The molecular formula is C13H22BrN3. The zero-order chi connectivity index (χ0) is 12.8. The molecule has 0 aliphatic rings. The number of pyridine rings is 1. The molecule has 1 aromatic rings. The molecule has 0 aliphatic carbocycles. The first-order valence-corrected chi connectivity index (χ1v) is 6.92. The normalized spacial score (nSPS) is 11.5. The van der Waals surface area contributed by atoms with Crippen molar-refractivity contribution < 1.29 is 0 Å². The molecule has 0 aliphatic heterocycles. The summed E-state index contributed by atoms with van der Waals surface area (Å²) in [6.45, 7) is 10.9. The van der Waals surface area contributed by atoms with E-state index in [9.17, 15) is 0 Å². The summed E-state index contributed by atoms with van der Waals surface area (Å²) < 4.78 is 0.868. The van der Waals surface area contributed by atoms with Gasteiger partial charge in [-0.25, -0.2) is 4.98 Å². The number of nitrogens with zero attached hydrogens (tertiary/aromatic N) is 2. The maximum absolute atomic E-state index is 4.35. The van der Waals surface area contributed by atoms with E-state index in [0.717, 1.165) is 23.5 Å². The molecule has 0 saturated carbocycles. The highest BCUT2D eigenvalue weighted by molar-refractivity contribution is 9.10. The molecule has 0 aromatic carbocycles. The van der Waals surface area contributed by atoms with Crippen LogP contribution in [0.4, 0.5) is 5.82 Å². The van der Waals surface area contributed by atoms with Gasteiger partial charge < -0.3 is 5.32 Å². The molecule has 0 spiro atoms. The Balaban J connectivity index is 2.41. The van der Waals surface area contributed by atoms with Crippen LogP contribution in [0.25, 0.3) is 0 Å². The van der Waals surface area contributed by atoms with E-state index in [1.54, 1.807) is 0 Å². The minimum atomic E-state index is 0.576. The van der Waals surface area contributed by atoms with E-state index in [2.05, 4.69) is 58.8 Å². The van der Waals surface area contributed by atoms with Crippen molar-refractivity contribution in [2.24, 2.45) is 0 Å². The first-order chi connectivity index (χ1) is 8.00. The molecule has 96 valence electrons. The molecular weight excluding hydrogens is 278 g/mol. The lowest BCUT2D eigenvalue weighted by atomic mass is 10.2. The highest BCUT2D eigenvalue weighted by Gasteiger charge is 2.12. The summed E-state index contributed by atoms with van der Waals surface area (Å²) in [5, 5.41) is 3.34. The van der Waals surface area contributed by atoms with Crippen molar-refractivity contribution in [2.75, 3.05) is 18.4 Å². The standard InChI is InChI=1S/C13H22BrN3/c1-10(2)17(11(3)4)9-8-15-13-7-5-6-12(14)16-13/h5-7,10-11H,8-9H2,1-4H3,(H,15,16). The van der Waals surface area contributed by atoms with Gasteiger partial charge in [0.05, 0.1) is 0 Å². The molecule has 0 radical (unpaired) electrons. The molecule has 1 rings (SSSR count). The smallest absolute Gasteiger partial charge is 0.127 e. The molecule has 17 heavy (non-hydrogen) atoms. The number of hydrogen-bond donors (Lipinski definition) is 1. The van der Waals surface area contributed by atoms with Crippen LogP contribution in [0.3, 0.4) is 0 Å². The quantitative estimate of drug-likeness (QED) is 0.816. The lowest BCUT2D eigenvalue weighted by Crippen LogP contribution is -2.40. The monoisotopic (exact) mass is 299 g/mol. The molecule has 0 fully saturated rings. The third-order valence-corrected chi connectivity index (χ3v) is 3.16. The largest absolute Gasteiger partial charge is 0.369 e. The van der Waals surface area contributed by atoms with Gasteiger partial charge in [-0.05, 0) is 55.8 Å². The molecule has 0 bridgehead atoms. The number of nitrogens with one attached hydrogen (secondary N) is 1. The van der Waals surface area contributed by atoms with Crippen molar-refractivity contribution in [3.05, 3.63) is 22.8 Å². The van der Waals surface area contributed by atoms with E-state index in [1.807, 2.05) is 18.2 Å². The Hall–Kier alpha value is -0.610. The predicted molar refractivity (Wildman–Crippen MR) is 77.4 cm³/mol. The molecule has 0 amide bonds. The Morgan fingerprint density at radius 3 is 2.41 bits per heavy atom. The molecule has 1 aromatic heterocycles. The van der Waals surface area contributed by atoms with Gasteiger partial charge in [-0.1, -0.05) is 6.07 Å². The Morgan fingerprint density at radius 1 is 1.24 bits per heavy atom. The van der Waals surface area contributed by atoms with Gasteiger partial charge in [0.1, 0.15) is 10.4 Å². The Labute approximate surface area is 113 Å². The van der Waals surface area contributed by atoms with Crippen molar-refractivity contribution >= 4 is 21.7 Å². The number of anilines is 1. The maximum atomic E-state index is 4.35. The van der Waals surface area contributed by atoms with Crippen LogP contribution in [-0.2, 0) is 0 Å². The lowest BCUT2D eigenvalue weighted by Gasteiger charge is -2.30. The van der Waals surface area contributed by atoms with Gasteiger partial charge in [-0.2, -0.15) is 0 Å². The Morgan fingerprint density at radius 2 is 1.88 bits per heavy atom. The highest BCUT2D eigenvalue weighted by Crippen LogP contribution is 2.10. The van der Waals surface area contributed by atoms with E-state index < -0.39 is 0 Å². The average Bonchev–Trinajstić information content (AvgIpc) is 2.23. The van der Waals surface area contributed by atoms with E-state index in [0.29, 0.717) is 12.1 Å². The van der Waals surface area contributed by atoms with Gasteiger partial charge >= 0.3 is 0 Å². The first kappa shape index (κ1) is 14.5. The predicted octanol–water partition coefficient (Wildman–Crippen LogP) is 3.37. The van der Waals surface area contributed by atoms with E-state index in [-0.39, 0.29) is 0 Å². The molecule has 3 nitrogen and oxygen atoms in total. The highest BCUT2D eigenvalue weighted by atomic mass is 79.9. The maximum Gasteiger partial charge on any atom is 0.127 e. The van der Waals surface area contributed by atoms with E-state index >= 15 is 0 Å². The van der Waals surface area contributed by atoms with Crippen LogP contribution in [0.2, 0.25) is 0 Å². The minimum Gasteiger partial charge on any atom is -0.369 e. The second kappa shape index (κ2) is 6.97. The van der Waals surface area contributed by atoms with Crippen LogP contribution >= 0.6 is 15.9 Å². The molecule has 1 N–H and O–H groups in total. The van der Waals surface area contributed by atoms with Gasteiger partial charge in [0, 0.05) is 25.2 Å². The van der Waals surface area contributed by atoms with Crippen LogP contribution < -0.4 is 5.32 Å². The molecule has 4 heteroatoms. The zero-order valence-corrected chi connectivity index (χ0v) is 12.7. The van der Waals surface area contributed by atoms with Crippen molar-refractivity contribution in [1.82, 2.24) is 9.88 Å². The molecule has 0 unspecified atom stereocenters.